The first-order chi connectivity index (χ1) is 7.76. The molecular weight excluding hydrogens is 202 g/mol. The van der Waals surface area contributed by atoms with Gasteiger partial charge < -0.3 is 9.69 Å². The maximum absolute atomic E-state index is 11.8. The smallest absolute Gasteiger partial charge is 0.237 e. The number of aldehydes is 1. The van der Waals surface area contributed by atoms with Gasteiger partial charge in [0.1, 0.15) is 6.29 Å². The van der Waals surface area contributed by atoms with E-state index in [0.29, 0.717) is 13.0 Å². The molecule has 3 heteroatoms. The lowest BCUT2D eigenvalue weighted by molar-refractivity contribution is -0.124. The Morgan fingerprint density at radius 3 is 2.56 bits per heavy atom. The van der Waals surface area contributed by atoms with Gasteiger partial charge in [0, 0.05) is 12.2 Å². The molecule has 1 fully saturated rings. The van der Waals surface area contributed by atoms with Crippen molar-refractivity contribution in [3.63, 3.8) is 0 Å². The first-order valence-corrected chi connectivity index (χ1v) is 5.62. The van der Waals surface area contributed by atoms with Crippen LogP contribution in [0.15, 0.2) is 24.3 Å². The average molecular weight is 217 g/mol. The van der Waals surface area contributed by atoms with Crippen LogP contribution in [0.5, 0.6) is 0 Å². The lowest BCUT2D eigenvalue weighted by Crippen LogP contribution is -2.27. The third kappa shape index (κ3) is 1.85. The predicted molar refractivity (Wildman–Crippen MR) is 62.3 cm³/mol. The van der Waals surface area contributed by atoms with Crippen LogP contribution in [0.4, 0.5) is 5.69 Å². The van der Waals surface area contributed by atoms with Crippen molar-refractivity contribution in [1.29, 1.82) is 0 Å². The molecule has 0 saturated carbocycles. The molecule has 0 N–H and O–H groups in total. The van der Waals surface area contributed by atoms with Crippen molar-refractivity contribution in [2.75, 3.05) is 11.4 Å². The van der Waals surface area contributed by atoms with Gasteiger partial charge in [0.2, 0.25) is 5.91 Å². The molecule has 1 atom stereocenters. The molecule has 1 unspecified atom stereocenters. The van der Waals surface area contributed by atoms with Crippen LogP contribution in [0, 0.1) is 5.92 Å². The number of rotatable bonds is 3. The lowest BCUT2D eigenvalue weighted by Gasteiger charge is -2.16. The van der Waals surface area contributed by atoms with Gasteiger partial charge in [0.25, 0.3) is 0 Å². The van der Waals surface area contributed by atoms with E-state index in [1.54, 1.807) is 4.90 Å². The van der Waals surface area contributed by atoms with E-state index in [1.165, 1.54) is 5.56 Å². The van der Waals surface area contributed by atoms with E-state index >= 15 is 0 Å². The van der Waals surface area contributed by atoms with Crippen molar-refractivity contribution in [3.05, 3.63) is 29.8 Å². The fraction of sp³-hybridized carbons (Fsp3) is 0.385. The van der Waals surface area contributed by atoms with Crippen molar-refractivity contribution in [2.24, 2.45) is 5.92 Å². The third-order valence-electron chi connectivity index (χ3n) is 3.07. The first kappa shape index (κ1) is 10.9. The van der Waals surface area contributed by atoms with Gasteiger partial charge in [-0.2, -0.15) is 0 Å². The summed E-state index contributed by atoms with van der Waals surface area (Å²) in [5.74, 6) is -0.509. The van der Waals surface area contributed by atoms with Gasteiger partial charge in [-0.1, -0.05) is 19.1 Å². The Bertz CT molecular complexity index is 397. The molecule has 0 aliphatic carbocycles. The Hall–Kier alpha value is -1.64. The van der Waals surface area contributed by atoms with E-state index in [9.17, 15) is 9.59 Å². The zero-order valence-electron chi connectivity index (χ0n) is 9.35. The monoisotopic (exact) mass is 217 g/mol. The topological polar surface area (TPSA) is 37.4 Å². The number of carbonyl (C=O) groups excluding carboxylic acids is 2. The van der Waals surface area contributed by atoms with E-state index < -0.39 is 5.92 Å². The summed E-state index contributed by atoms with van der Waals surface area (Å²) in [4.78, 5) is 24.1. The van der Waals surface area contributed by atoms with Crippen molar-refractivity contribution < 1.29 is 9.59 Å². The van der Waals surface area contributed by atoms with Crippen LogP contribution in [0.2, 0.25) is 0 Å². The van der Waals surface area contributed by atoms with Crippen LogP contribution in [0.1, 0.15) is 18.9 Å². The highest BCUT2D eigenvalue weighted by atomic mass is 16.2. The molecule has 84 valence electrons. The largest absolute Gasteiger partial charge is 0.312 e. The summed E-state index contributed by atoms with van der Waals surface area (Å²) in [5.41, 5.74) is 2.15. The highest BCUT2D eigenvalue weighted by Gasteiger charge is 2.31. The van der Waals surface area contributed by atoms with Gasteiger partial charge in [-0.15, -0.1) is 0 Å². The summed E-state index contributed by atoms with van der Waals surface area (Å²) in [6.45, 7) is 2.74. The van der Waals surface area contributed by atoms with E-state index in [4.69, 9.17) is 0 Å². The number of amides is 1. The molecule has 3 nitrogen and oxygen atoms in total. The first-order valence-electron chi connectivity index (χ1n) is 5.62. The minimum Gasteiger partial charge on any atom is -0.312 e. The van der Waals surface area contributed by atoms with Gasteiger partial charge in [-0.25, -0.2) is 0 Å². The normalized spacial score (nSPS) is 20.2. The number of carbonyl (C=O) groups is 2. The number of anilines is 1. The number of nitrogens with zero attached hydrogens (tertiary/aromatic N) is 1. The highest BCUT2D eigenvalue weighted by Crippen LogP contribution is 2.24. The second-order valence-electron chi connectivity index (χ2n) is 4.04. The second-order valence-corrected chi connectivity index (χ2v) is 4.04. The van der Waals surface area contributed by atoms with E-state index in [2.05, 4.69) is 6.92 Å². The van der Waals surface area contributed by atoms with Crippen molar-refractivity contribution >= 4 is 17.9 Å². The van der Waals surface area contributed by atoms with Crippen LogP contribution in [0.25, 0.3) is 0 Å². The third-order valence-corrected chi connectivity index (χ3v) is 3.07. The molecule has 16 heavy (non-hydrogen) atoms. The summed E-state index contributed by atoms with van der Waals surface area (Å²) in [6.07, 6.45) is 2.38. The van der Waals surface area contributed by atoms with Gasteiger partial charge >= 0.3 is 0 Å². The lowest BCUT2D eigenvalue weighted by atomic mass is 10.1. The van der Waals surface area contributed by atoms with Gasteiger partial charge in [0.15, 0.2) is 0 Å². The minimum atomic E-state index is -0.439. The molecule has 0 radical (unpaired) electrons. The number of aryl methyl sites for hydroxylation is 1. The van der Waals surface area contributed by atoms with Gasteiger partial charge in [0.05, 0.1) is 5.92 Å². The molecule has 1 aliphatic heterocycles. The maximum Gasteiger partial charge on any atom is 0.237 e. The molecule has 1 aliphatic rings. The summed E-state index contributed by atoms with van der Waals surface area (Å²) < 4.78 is 0. The van der Waals surface area contributed by atoms with Gasteiger partial charge in [-0.05, 0) is 30.5 Å². The van der Waals surface area contributed by atoms with Crippen LogP contribution in [-0.4, -0.2) is 18.7 Å². The van der Waals surface area contributed by atoms with Gasteiger partial charge in [-0.3, -0.25) is 4.79 Å². The SMILES string of the molecule is CCc1ccc(N2CCC(C=O)C2=O)cc1. The van der Waals surface area contributed by atoms with Crippen LogP contribution < -0.4 is 4.90 Å². The zero-order chi connectivity index (χ0) is 11.5. The molecule has 0 aromatic heterocycles. The quantitative estimate of drug-likeness (QED) is 0.572. The molecule has 1 amide bonds. The second kappa shape index (κ2) is 4.47. The maximum atomic E-state index is 11.8. The number of hydrogen-bond acceptors (Lipinski definition) is 2. The summed E-state index contributed by atoms with van der Waals surface area (Å²) in [5, 5.41) is 0. The highest BCUT2D eigenvalue weighted by molar-refractivity contribution is 6.04. The Morgan fingerprint density at radius 1 is 1.38 bits per heavy atom. The molecule has 1 aromatic carbocycles. The Balaban J connectivity index is 2.18. The Labute approximate surface area is 95.1 Å². The molecule has 2 rings (SSSR count). The molecule has 0 spiro atoms. The fourth-order valence-corrected chi connectivity index (χ4v) is 2.00. The van der Waals surface area contributed by atoms with Crippen molar-refractivity contribution in [3.8, 4) is 0 Å². The molecule has 0 bridgehead atoms. The summed E-state index contributed by atoms with van der Waals surface area (Å²) >= 11 is 0. The Morgan fingerprint density at radius 2 is 2.06 bits per heavy atom. The van der Waals surface area contributed by atoms with Crippen LogP contribution in [0.3, 0.4) is 0 Å². The van der Waals surface area contributed by atoms with Crippen molar-refractivity contribution in [1.82, 2.24) is 0 Å². The van der Waals surface area contributed by atoms with Crippen molar-refractivity contribution in [2.45, 2.75) is 19.8 Å². The van der Waals surface area contributed by atoms with Crippen LogP contribution >= 0.6 is 0 Å². The summed E-state index contributed by atoms with van der Waals surface area (Å²) in [6, 6.07) is 7.95. The molecule has 1 heterocycles. The molecule has 1 saturated heterocycles. The Kier molecular flexibility index (Phi) is 3.04. The molecule has 1 aromatic rings. The van der Waals surface area contributed by atoms with E-state index in [-0.39, 0.29) is 5.91 Å². The van der Waals surface area contributed by atoms with E-state index in [1.807, 2.05) is 24.3 Å². The van der Waals surface area contributed by atoms with Crippen LogP contribution in [-0.2, 0) is 16.0 Å². The fourth-order valence-electron chi connectivity index (χ4n) is 2.00. The average Bonchev–Trinajstić information content (AvgIpc) is 2.70. The number of hydrogen-bond donors (Lipinski definition) is 0. The molecular formula is C13H15NO2. The van der Waals surface area contributed by atoms with E-state index in [0.717, 1.165) is 18.4 Å². The number of benzene rings is 1. The standard InChI is InChI=1S/C13H15NO2/c1-2-10-3-5-12(6-4-10)14-8-7-11(9-15)13(14)16/h3-6,9,11H,2,7-8H2,1H3. The summed E-state index contributed by atoms with van der Waals surface area (Å²) in [7, 11) is 0. The zero-order valence-corrected chi connectivity index (χ0v) is 9.35. The minimum absolute atomic E-state index is 0.0701. The predicted octanol–water partition coefficient (Wildman–Crippen LogP) is 1.80.